The molecule has 2 N–H and O–H groups in total. The first kappa shape index (κ1) is 17.5. The summed E-state index contributed by atoms with van der Waals surface area (Å²) < 4.78 is 0. The molecule has 3 aliphatic heterocycles. The Hall–Kier alpha value is -2.58. The van der Waals surface area contributed by atoms with Crippen LogP contribution in [0.15, 0.2) is 18.2 Å². The van der Waals surface area contributed by atoms with Crippen molar-refractivity contribution in [3.8, 4) is 0 Å². The number of fused-ring (bicyclic) bond motifs is 2. The first-order valence-corrected chi connectivity index (χ1v) is 9.71. The smallest absolute Gasteiger partial charge is 0.262 e. The summed E-state index contributed by atoms with van der Waals surface area (Å²) in [6.07, 6.45) is 0.294. The third-order valence-corrected chi connectivity index (χ3v) is 6.49. The number of hydrogen-bond acceptors (Lipinski definition) is 6. The second kappa shape index (κ2) is 6.22. The van der Waals surface area contributed by atoms with Crippen LogP contribution < -0.4 is 10.6 Å². The lowest BCUT2D eigenvalue weighted by molar-refractivity contribution is -0.136. The maximum atomic E-state index is 12.9. The second-order valence-electron chi connectivity index (χ2n) is 8.22. The minimum absolute atomic E-state index is 0.123. The lowest BCUT2D eigenvalue weighted by Gasteiger charge is -2.27. The highest BCUT2D eigenvalue weighted by atomic mass is 16.2. The third kappa shape index (κ3) is 2.59. The third-order valence-electron chi connectivity index (χ3n) is 6.49. The van der Waals surface area contributed by atoms with Crippen LogP contribution in [0.4, 0.5) is 0 Å². The monoisotopic (exact) mass is 382 g/mol. The van der Waals surface area contributed by atoms with Crippen molar-refractivity contribution >= 4 is 23.6 Å². The standard InChI is InChI=1S/C20H22N4O4/c1-23(17-13-7-21-8-14(13)17)9-10-2-3-11-12(6-10)20(28)24(19(11)27)15-4-5-16(25)22-18(15)26/h2-3,6,13-15,17,21H,4-5,7-9H2,1H3,(H,22,25,26)/t13-,14+,15?,17?. The maximum absolute atomic E-state index is 12.9. The molecule has 4 amide bonds. The van der Waals surface area contributed by atoms with Gasteiger partial charge in [0.1, 0.15) is 6.04 Å². The molecule has 8 nitrogen and oxygen atoms in total. The van der Waals surface area contributed by atoms with E-state index >= 15 is 0 Å². The molecule has 4 aliphatic rings. The highest BCUT2D eigenvalue weighted by Crippen LogP contribution is 2.45. The maximum Gasteiger partial charge on any atom is 0.262 e. The summed E-state index contributed by atoms with van der Waals surface area (Å²) >= 11 is 0. The molecule has 0 bridgehead atoms. The van der Waals surface area contributed by atoms with Crippen LogP contribution >= 0.6 is 0 Å². The molecular weight excluding hydrogens is 360 g/mol. The minimum Gasteiger partial charge on any atom is -0.316 e. The van der Waals surface area contributed by atoms with Crippen molar-refractivity contribution in [1.29, 1.82) is 0 Å². The number of nitrogens with zero attached hydrogens (tertiary/aromatic N) is 2. The number of hydrogen-bond donors (Lipinski definition) is 2. The van der Waals surface area contributed by atoms with Gasteiger partial charge in [-0.3, -0.25) is 34.3 Å². The fraction of sp³-hybridized carbons (Fsp3) is 0.500. The Balaban J connectivity index is 1.34. The van der Waals surface area contributed by atoms with Crippen molar-refractivity contribution in [2.24, 2.45) is 11.8 Å². The number of rotatable bonds is 4. The van der Waals surface area contributed by atoms with Gasteiger partial charge in [-0.2, -0.15) is 0 Å². The average Bonchev–Trinajstić information content (AvgIpc) is 3.03. The molecular formula is C20H22N4O4. The van der Waals surface area contributed by atoms with E-state index in [2.05, 4.69) is 22.6 Å². The molecule has 2 unspecified atom stereocenters. The van der Waals surface area contributed by atoms with E-state index in [1.165, 1.54) is 0 Å². The summed E-state index contributed by atoms with van der Waals surface area (Å²) in [4.78, 5) is 52.5. The zero-order chi connectivity index (χ0) is 19.6. The Morgan fingerprint density at radius 3 is 2.50 bits per heavy atom. The van der Waals surface area contributed by atoms with Crippen molar-refractivity contribution in [3.05, 3.63) is 34.9 Å². The SMILES string of the molecule is CN(Cc1ccc2c(c1)C(=O)N(C1CCC(=O)NC1=O)C2=O)C1[C@H]2CNC[C@@H]12. The van der Waals surface area contributed by atoms with Gasteiger partial charge in [0.25, 0.3) is 11.8 Å². The minimum atomic E-state index is -0.922. The average molecular weight is 382 g/mol. The van der Waals surface area contributed by atoms with Crippen LogP contribution in [-0.4, -0.2) is 65.6 Å². The fourth-order valence-electron chi connectivity index (χ4n) is 5.05. The van der Waals surface area contributed by atoms with Gasteiger partial charge in [0.05, 0.1) is 11.1 Å². The van der Waals surface area contributed by atoms with Gasteiger partial charge in [0, 0.05) is 19.0 Å². The van der Waals surface area contributed by atoms with E-state index in [-0.39, 0.29) is 18.7 Å². The Kier molecular flexibility index (Phi) is 3.89. The van der Waals surface area contributed by atoms with Gasteiger partial charge < -0.3 is 5.32 Å². The predicted molar refractivity (Wildman–Crippen MR) is 98.2 cm³/mol. The van der Waals surface area contributed by atoms with Gasteiger partial charge in [0.2, 0.25) is 11.8 Å². The largest absolute Gasteiger partial charge is 0.316 e. The summed E-state index contributed by atoms with van der Waals surface area (Å²) in [5.41, 5.74) is 1.65. The highest BCUT2D eigenvalue weighted by molar-refractivity contribution is 6.23. The molecule has 0 radical (unpaired) electrons. The molecule has 1 aromatic rings. The fourth-order valence-corrected chi connectivity index (χ4v) is 5.05. The molecule has 2 saturated heterocycles. The van der Waals surface area contributed by atoms with E-state index in [1.54, 1.807) is 12.1 Å². The van der Waals surface area contributed by atoms with Crippen LogP contribution in [0, 0.1) is 11.8 Å². The Bertz CT molecular complexity index is 903. The summed E-state index contributed by atoms with van der Waals surface area (Å²) in [6.45, 7) is 2.85. The predicted octanol–water partition coefficient (Wildman–Crippen LogP) is -0.263. The number of piperidine rings is 2. The molecule has 0 aromatic heterocycles. The normalized spacial score (nSPS) is 31.3. The van der Waals surface area contributed by atoms with Crippen molar-refractivity contribution in [2.45, 2.75) is 31.5 Å². The molecule has 4 atom stereocenters. The number of carbonyl (C=O) groups is 4. The van der Waals surface area contributed by atoms with E-state index in [0.717, 1.165) is 23.6 Å². The Morgan fingerprint density at radius 2 is 1.79 bits per heavy atom. The van der Waals surface area contributed by atoms with Crippen molar-refractivity contribution in [2.75, 3.05) is 20.1 Å². The van der Waals surface area contributed by atoms with Gasteiger partial charge in [-0.25, -0.2) is 0 Å². The van der Waals surface area contributed by atoms with Crippen LogP contribution in [0.1, 0.15) is 39.1 Å². The summed E-state index contributed by atoms with van der Waals surface area (Å²) in [6, 6.07) is 4.99. The topological polar surface area (TPSA) is 98.8 Å². The molecule has 1 saturated carbocycles. The van der Waals surface area contributed by atoms with Gasteiger partial charge in [0.15, 0.2) is 0 Å². The summed E-state index contributed by atoms with van der Waals surface area (Å²) in [7, 11) is 2.10. The molecule has 1 aromatic carbocycles. The number of benzene rings is 1. The number of carbonyl (C=O) groups excluding carboxylic acids is 4. The molecule has 146 valence electrons. The quantitative estimate of drug-likeness (QED) is 0.696. The Morgan fingerprint density at radius 1 is 1.07 bits per heavy atom. The first-order valence-electron chi connectivity index (χ1n) is 9.71. The molecule has 0 spiro atoms. The van der Waals surface area contributed by atoms with Gasteiger partial charge in [-0.05, 0) is 56.1 Å². The van der Waals surface area contributed by atoms with E-state index < -0.39 is 23.8 Å². The second-order valence-corrected chi connectivity index (χ2v) is 8.22. The lowest BCUT2D eigenvalue weighted by atomic mass is 10.0. The van der Waals surface area contributed by atoms with Crippen LogP contribution in [-0.2, 0) is 16.1 Å². The van der Waals surface area contributed by atoms with E-state index in [9.17, 15) is 19.2 Å². The molecule has 1 aliphatic carbocycles. The summed E-state index contributed by atoms with van der Waals surface area (Å²) in [5, 5.41) is 5.60. The molecule has 5 rings (SSSR count). The van der Waals surface area contributed by atoms with Crippen molar-refractivity contribution in [3.63, 3.8) is 0 Å². The zero-order valence-corrected chi connectivity index (χ0v) is 15.6. The number of amides is 4. The number of nitrogens with one attached hydrogen (secondary N) is 2. The molecule has 8 heteroatoms. The van der Waals surface area contributed by atoms with Crippen LogP contribution in [0.2, 0.25) is 0 Å². The van der Waals surface area contributed by atoms with Crippen LogP contribution in [0.5, 0.6) is 0 Å². The van der Waals surface area contributed by atoms with Crippen LogP contribution in [0.25, 0.3) is 0 Å². The van der Waals surface area contributed by atoms with Gasteiger partial charge >= 0.3 is 0 Å². The summed E-state index contributed by atoms with van der Waals surface area (Å²) in [5.74, 6) is -0.442. The molecule has 28 heavy (non-hydrogen) atoms. The lowest BCUT2D eigenvalue weighted by Crippen LogP contribution is -2.54. The molecule has 3 heterocycles. The Labute approximate surface area is 162 Å². The highest BCUT2D eigenvalue weighted by Gasteiger charge is 2.54. The van der Waals surface area contributed by atoms with E-state index in [1.807, 2.05) is 6.07 Å². The molecule has 3 fully saturated rings. The number of imide groups is 2. The van der Waals surface area contributed by atoms with Gasteiger partial charge in [-0.15, -0.1) is 0 Å². The van der Waals surface area contributed by atoms with Crippen molar-refractivity contribution < 1.29 is 19.2 Å². The van der Waals surface area contributed by atoms with Crippen LogP contribution in [0.3, 0.4) is 0 Å². The van der Waals surface area contributed by atoms with E-state index in [4.69, 9.17) is 0 Å². The first-order chi connectivity index (χ1) is 13.5. The van der Waals surface area contributed by atoms with E-state index in [0.29, 0.717) is 35.5 Å². The zero-order valence-electron chi connectivity index (χ0n) is 15.6. The van der Waals surface area contributed by atoms with Gasteiger partial charge in [-0.1, -0.05) is 6.07 Å². The van der Waals surface area contributed by atoms with Crippen molar-refractivity contribution in [1.82, 2.24) is 20.4 Å².